The summed E-state index contributed by atoms with van der Waals surface area (Å²) in [6.07, 6.45) is 1.17. The van der Waals surface area contributed by atoms with Crippen molar-refractivity contribution in [1.82, 2.24) is 5.32 Å². The maximum Gasteiger partial charge on any atom is 0.119 e. The Balaban J connectivity index is 2.93. The fraction of sp³-hybridized carbons (Fsp3) is 0.600. The lowest BCUT2D eigenvalue weighted by Gasteiger charge is -2.24. The van der Waals surface area contributed by atoms with Crippen molar-refractivity contribution in [3.05, 3.63) is 29.3 Å². The fourth-order valence-electron chi connectivity index (χ4n) is 2.13. The molecule has 1 unspecified atom stereocenters. The van der Waals surface area contributed by atoms with E-state index in [1.165, 1.54) is 17.5 Å². The summed E-state index contributed by atoms with van der Waals surface area (Å²) in [5.41, 5.74) is 2.68. The Morgan fingerprint density at radius 3 is 2.47 bits per heavy atom. The number of hydrogen-bond donors (Lipinski definition) is 1. The van der Waals surface area contributed by atoms with Gasteiger partial charge in [-0.05, 0) is 49.1 Å². The summed E-state index contributed by atoms with van der Waals surface area (Å²) in [7, 11) is 1.71. The summed E-state index contributed by atoms with van der Waals surface area (Å²) >= 11 is 0. The average molecular weight is 235 g/mol. The van der Waals surface area contributed by atoms with Crippen molar-refractivity contribution >= 4 is 0 Å². The van der Waals surface area contributed by atoms with Crippen LogP contribution in [0.3, 0.4) is 0 Å². The Hall–Kier alpha value is -1.02. The van der Waals surface area contributed by atoms with Crippen LogP contribution < -0.4 is 10.1 Å². The number of nitrogens with one attached hydrogen (secondary N) is 1. The number of rotatable bonds is 6. The van der Waals surface area contributed by atoms with Crippen molar-refractivity contribution in [2.45, 2.75) is 40.2 Å². The van der Waals surface area contributed by atoms with Crippen LogP contribution in [0.1, 0.15) is 44.4 Å². The SMILES string of the molecule is CCCNC(c1ccc(OC)cc1C)C(C)C. The maximum atomic E-state index is 5.25. The van der Waals surface area contributed by atoms with Crippen molar-refractivity contribution < 1.29 is 4.74 Å². The standard InChI is InChI=1S/C15H25NO/c1-6-9-16-15(11(2)3)14-8-7-13(17-5)10-12(14)4/h7-8,10-11,15-16H,6,9H2,1-5H3. The highest BCUT2D eigenvalue weighted by atomic mass is 16.5. The minimum Gasteiger partial charge on any atom is -0.497 e. The Morgan fingerprint density at radius 1 is 1.29 bits per heavy atom. The molecule has 96 valence electrons. The van der Waals surface area contributed by atoms with E-state index in [1.54, 1.807) is 7.11 Å². The van der Waals surface area contributed by atoms with E-state index in [9.17, 15) is 0 Å². The van der Waals surface area contributed by atoms with Crippen molar-refractivity contribution in [2.24, 2.45) is 5.92 Å². The van der Waals surface area contributed by atoms with E-state index in [-0.39, 0.29) is 0 Å². The van der Waals surface area contributed by atoms with Crippen molar-refractivity contribution in [3.8, 4) is 5.75 Å². The predicted molar refractivity (Wildman–Crippen MR) is 73.6 cm³/mol. The van der Waals surface area contributed by atoms with Gasteiger partial charge in [-0.2, -0.15) is 0 Å². The molecular weight excluding hydrogens is 210 g/mol. The van der Waals surface area contributed by atoms with Gasteiger partial charge in [0.1, 0.15) is 5.75 Å². The molecule has 0 aliphatic carbocycles. The summed E-state index contributed by atoms with van der Waals surface area (Å²) < 4.78 is 5.25. The van der Waals surface area contributed by atoms with Crippen molar-refractivity contribution in [2.75, 3.05) is 13.7 Å². The molecule has 0 bridgehead atoms. The summed E-state index contributed by atoms with van der Waals surface area (Å²) in [6.45, 7) is 9.94. The molecule has 0 aromatic heterocycles. The zero-order valence-electron chi connectivity index (χ0n) is 11.7. The van der Waals surface area contributed by atoms with Gasteiger partial charge in [-0.15, -0.1) is 0 Å². The Labute approximate surface area is 105 Å². The molecule has 0 heterocycles. The topological polar surface area (TPSA) is 21.3 Å². The molecule has 0 aliphatic heterocycles. The van der Waals surface area contributed by atoms with Gasteiger partial charge >= 0.3 is 0 Å². The van der Waals surface area contributed by atoms with Gasteiger partial charge in [0.05, 0.1) is 7.11 Å². The second-order valence-corrected chi connectivity index (χ2v) is 4.90. The van der Waals surface area contributed by atoms with Gasteiger partial charge in [-0.3, -0.25) is 0 Å². The first-order chi connectivity index (χ1) is 8.10. The highest BCUT2D eigenvalue weighted by Gasteiger charge is 2.16. The first kappa shape index (κ1) is 14.0. The zero-order chi connectivity index (χ0) is 12.8. The van der Waals surface area contributed by atoms with E-state index in [2.05, 4.69) is 45.1 Å². The Bertz CT molecular complexity index is 347. The molecule has 0 radical (unpaired) electrons. The Kier molecular flexibility index (Phi) is 5.49. The highest BCUT2D eigenvalue weighted by molar-refractivity contribution is 5.36. The third kappa shape index (κ3) is 3.74. The molecule has 0 saturated carbocycles. The van der Waals surface area contributed by atoms with Crippen LogP contribution in [0, 0.1) is 12.8 Å². The lowest BCUT2D eigenvalue weighted by atomic mass is 9.92. The maximum absolute atomic E-state index is 5.25. The minimum atomic E-state index is 0.431. The first-order valence-electron chi connectivity index (χ1n) is 6.48. The number of hydrogen-bond acceptors (Lipinski definition) is 2. The van der Waals surface area contributed by atoms with Crippen LogP contribution in [0.25, 0.3) is 0 Å². The van der Waals surface area contributed by atoms with Gasteiger partial charge in [-0.1, -0.05) is 26.8 Å². The summed E-state index contributed by atoms with van der Waals surface area (Å²) in [4.78, 5) is 0. The monoisotopic (exact) mass is 235 g/mol. The zero-order valence-corrected chi connectivity index (χ0v) is 11.7. The van der Waals surface area contributed by atoms with Crippen LogP contribution in [-0.4, -0.2) is 13.7 Å². The molecule has 2 nitrogen and oxygen atoms in total. The molecule has 0 fully saturated rings. The molecular formula is C15H25NO. The minimum absolute atomic E-state index is 0.431. The number of aryl methyl sites for hydroxylation is 1. The van der Waals surface area contributed by atoms with Gasteiger partial charge in [0, 0.05) is 6.04 Å². The van der Waals surface area contributed by atoms with Gasteiger partial charge < -0.3 is 10.1 Å². The summed E-state index contributed by atoms with van der Waals surface area (Å²) in [6, 6.07) is 6.77. The third-order valence-electron chi connectivity index (χ3n) is 3.09. The van der Waals surface area contributed by atoms with Crippen LogP contribution in [0.4, 0.5) is 0 Å². The molecule has 0 aliphatic rings. The molecule has 1 aromatic carbocycles. The molecule has 1 rings (SSSR count). The Morgan fingerprint density at radius 2 is 2.00 bits per heavy atom. The van der Waals surface area contributed by atoms with Gasteiger partial charge in [-0.25, -0.2) is 0 Å². The van der Waals surface area contributed by atoms with Crippen LogP contribution in [0.2, 0.25) is 0 Å². The largest absolute Gasteiger partial charge is 0.497 e. The second-order valence-electron chi connectivity index (χ2n) is 4.90. The number of methoxy groups -OCH3 is 1. The van der Waals surface area contributed by atoms with E-state index < -0.39 is 0 Å². The van der Waals surface area contributed by atoms with E-state index in [0.717, 1.165) is 12.3 Å². The molecule has 2 heteroatoms. The summed E-state index contributed by atoms with van der Waals surface area (Å²) in [5.74, 6) is 1.53. The lowest BCUT2D eigenvalue weighted by Crippen LogP contribution is -2.27. The van der Waals surface area contributed by atoms with Crippen molar-refractivity contribution in [3.63, 3.8) is 0 Å². The van der Waals surface area contributed by atoms with Gasteiger partial charge in [0.2, 0.25) is 0 Å². The van der Waals surface area contributed by atoms with Crippen molar-refractivity contribution in [1.29, 1.82) is 0 Å². The third-order valence-corrected chi connectivity index (χ3v) is 3.09. The van der Waals surface area contributed by atoms with E-state index in [0.29, 0.717) is 12.0 Å². The summed E-state index contributed by atoms with van der Waals surface area (Å²) in [5, 5.41) is 3.62. The van der Waals surface area contributed by atoms with E-state index >= 15 is 0 Å². The molecule has 1 aromatic rings. The highest BCUT2D eigenvalue weighted by Crippen LogP contribution is 2.27. The van der Waals surface area contributed by atoms with E-state index in [1.807, 2.05) is 6.07 Å². The molecule has 0 spiro atoms. The molecule has 17 heavy (non-hydrogen) atoms. The van der Waals surface area contributed by atoms with Crippen LogP contribution >= 0.6 is 0 Å². The average Bonchev–Trinajstić information content (AvgIpc) is 2.30. The lowest BCUT2D eigenvalue weighted by molar-refractivity contribution is 0.404. The van der Waals surface area contributed by atoms with E-state index in [4.69, 9.17) is 4.74 Å². The fourth-order valence-corrected chi connectivity index (χ4v) is 2.13. The van der Waals surface area contributed by atoms with Crippen LogP contribution in [-0.2, 0) is 0 Å². The molecule has 1 N–H and O–H groups in total. The quantitative estimate of drug-likeness (QED) is 0.811. The normalized spacial score (nSPS) is 12.8. The first-order valence-corrected chi connectivity index (χ1v) is 6.48. The van der Waals surface area contributed by atoms with Crippen LogP contribution in [0.5, 0.6) is 5.75 Å². The van der Waals surface area contributed by atoms with Gasteiger partial charge in [0.15, 0.2) is 0 Å². The predicted octanol–water partition coefficient (Wildman–Crippen LogP) is 3.70. The smallest absolute Gasteiger partial charge is 0.119 e. The van der Waals surface area contributed by atoms with Gasteiger partial charge in [0.25, 0.3) is 0 Å². The number of benzene rings is 1. The molecule has 1 atom stereocenters. The second kappa shape index (κ2) is 6.65. The molecule has 0 amide bonds. The molecule has 0 saturated heterocycles. The van der Waals surface area contributed by atoms with Crippen LogP contribution in [0.15, 0.2) is 18.2 Å². The number of ether oxygens (including phenoxy) is 1.